The number of piperazine rings is 1. The van der Waals surface area contributed by atoms with Crippen molar-refractivity contribution in [2.75, 3.05) is 26.2 Å². The summed E-state index contributed by atoms with van der Waals surface area (Å²) in [7, 11) is 0. The summed E-state index contributed by atoms with van der Waals surface area (Å²) in [5.41, 5.74) is 3.34. The normalized spacial score (nSPS) is 18.8. The van der Waals surface area contributed by atoms with Crippen LogP contribution in [-0.4, -0.2) is 37.5 Å². The van der Waals surface area contributed by atoms with Crippen molar-refractivity contribution in [3.05, 3.63) is 34.9 Å². The van der Waals surface area contributed by atoms with Crippen molar-refractivity contribution in [2.24, 2.45) is 0 Å². The molecule has 1 aliphatic heterocycles. The summed E-state index contributed by atoms with van der Waals surface area (Å²) in [6.07, 6.45) is -2.34. The molecule has 1 saturated heterocycles. The molecule has 2 nitrogen and oxygen atoms in total. The average molecular weight is 268 g/mol. The first-order valence-corrected chi connectivity index (χ1v) is 6.88. The molecule has 1 atom stereocenters. The Morgan fingerprint density at radius 3 is 2.47 bits per heavy atom. The van der Waals surface area contributed by atoms with Gasteiger partial charge in [-0.2, -0.15) is 0 Å². The number of nitrogens with one attached hydrogen (secondary N) is 1. The molecule has 2 rings (SSSR count). The van der Waals surface area contributed by atoms with Crippen molar-refractivity contribution in [1.29, 1.82) is 0 Å². The van der Waals surface area contributed by atoms with Gasteiger partial charge in [0.05, 0.1) is 0 Å². The predicted octanol–water partition coefficient (Wildman–Crippen LogP) is 2.90. The topological polar surface area (TPSA) is 15.3 Å². The van der Waals surface area contributed by atoms with E-state index in [4.69, 9.17) is 0 Å². The zero-order valence-corrected chi connectivity index (χ0v) is 11.6. The number of nitrogens with zero attached hydrogens (tertiary/aromatic N) is 1. The minimum atomic E-state index is -2.26. The lowest BCUT2D eigenvalue weighted by Gasteiger charge is -2.36. The molecular weight excluding hydrogens is 246 g/mol. The Hall–Kier alpha value is -1.00. The molecule has 0 radical (unpaired) electrons. The van der Waals surface area contributed by atoms with E-state index >= 15 is 0 Å². The van der Waals surface area contributed by atoms with Crippen molar-refractivity contribution in [3.63, 3.8) is 0 Å². The molecule has 0 aliphatic carbocycles. The highest BCUT2D eigenvalue weighted by molar-refractivity contribution is 5.33. The van der Waals surface area contributed by atoms with Gasteiger partial charge in [0.2, 0.25) is 6.43 Å². The molecule has 1 aliphatic rings. The van der Waals surface area contributed by atoms with E-state index in [1.165, 1.54) is 5.56 Å². The van der Waals surface area contributed by atoms with Crippen LogP contribution in [-0.2, 0) is 0 Å². The number of alkyl halides is 2. The van der Waals surface area contributed by atoms with Crippen LogP contribution in [0.15, 0.2) is 18.2 Å². The van der Waals surface area contributed by atoms with Gasteiger partial charge in [-0.15, -0.1) is 0 Å². The van der Waals surface area contributed by atoms with Gasteiger partial charge < -0.3 is 5.32 Å². The quantitative estimate of drug-likeness (QED) is 0.903. The van der Waals surface area contributed by atoms with Crippen molar-refractivity contribution in [1.82, 2.24) is 10.2 Å². The lowest BCUT2D eigenvalue weighted by molar-refractivity contribution is 0.0737. The van der Waals surface area contributed by atoms with Gasteiger partial charge in [-0.3, -0.25) is 4.90 Å². The zero-order chi connectivity index (χ0) is 13.8. The number of aryl methyl sites for hydroxylation is 2. The maximum absolute atomic E-state index is 12.9. The Labute approximate surface area is 113 Å². The molecule has 0 bridgehead atoms. The highest BCUT2D eigenvalue weighted by Crippen LogP contribution is 2.30. The summed E-state index contributed by atoms with van der Waals surface area (Å²) in [5, 5.41) is 3.27. The van der Waals surface area contributed by atoms with E-state index in [0.717, 1.165) is 37.3 Å². The summed E-state index contributed by atoms with van der Waals surface area (Å²) in [6, 6.07) is 5.95. The SMILES string of the molecule is Cc1ccc([C@@H](CC(F)F)N2CCNCC2)c(C)c1. The van der Waals surface area contributed by atoms with E-state index in [-0.39, 0.29) is 12.5 Å². The van der Waals surface area contributed by atoms with Crippen LogP contribution in [0.2, 0.25) is 0 Å². The average Bonchev–Trinajstić information content (AvgIpc) is 2.37. The zero-order valence-electron chi connectivity index (χ0n) is 11.6. The third-order valence-electron chi connectivity index (χ3n) is 3.78. The Morgan fingerprint density at radius 2 is 1.89 bits per heavy atom. The van der Waals surface area contributed by atoms with Crippen LogP contribution >= 0.6 is 0 Å². The first-order chi connectivity index (χ1) is 9.08. The van der Waals surface area contributed by atoms with Crippen molar-refractivity contribution in [2.45, 2.75) is 32.7 Å². The fourth-order valence-corrected chi connectivity index (χ4v) is 2.83. The molecule has 106 valence electrons. The van der Waals surface area contributed by atoms with Gasteiger partial charge in [0.15, 0.2) is 0 Å². The molecule has 0 amide bonds. The number of halogens is 2. The molecule has 0 spiro atoms. The van der Waals surface area contributed by atoms with Gasteiger partial charge in [0, 0.05) is 38.6 Å². The minimum absolute atomic E-state index is 0.0795. The second-order valence-corrected chi connectivity index (χ2v) is 5.29. The second kappa shape index (κ2) is 6.44. The fourth-order valence-electron chi connectivity index (χ4n) is 2.83. The van der Waals surface area contributed by atoms with Crippen molar-refractivity contribution < 1.29 is 8.78 Å². The number of benzene rings is 1. The number of hydrogen-bond donors (Lipinski definition) is 1. The summed E-state index contributed by atoms with van der Waals surface area (Å²) >= 11 is 0. The van der Waals surface area contributed by atoms with Gasteiger partial charge in [0.1, 0.15) is 0 Å². The van der Waals surface area contributed by atoms with E-state index in [1.807, 2.05) is 26.0 Å². The summed E-state index contributed by atoms with van der Waals surface area (Å²) in [5.74, 6) is 0. The minimum Gasteiger partial charge on any atom is -0.314 e. The standard InChI is InChI=1S/C15H22F2N2/c1-11-3-4-13(12(2)9-11)14(10-15(16)17)19-7-5-18-6-8-19/h3-4,9,14-15,18H,5-8,10H2,1-2H3/t14-/m1/s1. The largest absolute Gasteiger partial charge is 0.314 e. The molecule has 0 aromatic heterocycles. The predicted molar refractivity (Wildman–Crippen MR) is 73.7 cm³/mol. The van der Waals surface area contributed by atoms with Crippen molar-refractivity contribution >= 4 is 0 Å². The molecule has 1 heterocycles. The Kier molecular flexibility index (Phi) is 4.88. The number of rotatable bonds is 4. The molecule has 1 aromatic carbocycles. The highest BCUT2D eigenvalue weighted by Gasteiger charge is 2.26. The summed E-state index contributed by atoms with van der Waals surface area (Å²) < 4.78 is 25.8. The fraction of sp³-hybridized carbons (Fsp3) is 0.600. The molecule has 19 heavy (non-hydrogen) atoms. The Balaban J connectivity index is 2.25. The van der Waals surface area contributed by atoms with E-state index in [0.29, 0.717) is 0 Å². The summed E-state index contributed by atoms with van der Waals surface area (Å²) in [6.45, 7) is 7.48. The summed E-state index contributed by atoms with van der Waals surface area (Å²) in [4.78, 5) is 2.18. The Morgan fingerprint density at radius 1 is 1.21 bits per heavy atom. The molecule has 1 fully saturated rings. The first kappa shape index (κ1) is 14.4. The Bertz CT molecular complexity index is 415. The van der Waals surface area contributed by atoms with Crippen LogP contribution in [0.1, 0.15) is 29.2 Å². The maximum Gasteiger partial charge on any atom is 0.240 e. The van der Waals surface area contributed by atoms with E-state index in [2.05, 4.69) is 16.3 Å². The molecule has 1 aromatic rings. The van der Waals surface area contributed by atoms with Crippen LogP contribution < -0.4 is 5.32 Å². The molecular formula is C15H22F2N2. The van der Waals surface area contributed by atoms with Crippen LogP contribution in [0, 0.1) is 13.8 Å². The number of hydrogen-bond acceptors (Lipinski definition) is 2. The maximum atomic E-state index is 12.9. The first-order valence-electron chi connectivity index (χ1n) is 6.88. The van der Waals surface area contributed by atoms with Crippen molar-refractivity contribution in [3.8, 4) is 0 Å². The molecule has 0 saturated carbocycles. The lowest BCUT2D eigenvalue weighted by atomic mass is 9.95. The van der Waals surface area contributed by atoms with Crippen LogP contribution in [0.4, 0.5) is 8.78 Å². The van der Waals surface area contributed by atoms with Crippen LogP contribution in [0.3, 0.4) is 0 Å². The van der Waals surface area contributed by atoms with E-state index < -0.39 is 6.43 Å². The smallest absolute Gasteiger partial charge is 0.240 e. The third-order valence-corrected chi connectivity index (χ3v) is 3.78. The molecule has 0 unspecified atom stereocenters. The molecule has 1 N–H and O–H groups in total. The van der Waals surface area contributed by atoms with Gasteiger partial charge in [0.25, 0.3) is 0 Å². The van der Waals surface area contributed by atoms with Crippen LogP contribution in [0.25, 0.3) is 0 Å². The van der Waals surface area contributed by atoms with Gasteiger partial charge in [-0.25, -0.2) is 8.78 Å². The second-order valence-electron chi connectivity index (χ2n) is 5.29. The van der Waals surface area contributed by atoms with Gasteiger partial charge in [-0.05, 0) is 25.0 Å². The van der Waals surface area contributed by atoms with E-state index in [9.17, 15) is 8.78 Å². The van der Waals surface area contributed by atoms with Gasteiger partial charge >= 0.3 is 0 Å². The third kappa shape index (κ3) is 3.74. The molecule has 4 heteroatoms. The highest BCUT2D eigenvalue weighted by atomic mass is 19.3. The van der Waals surface area contributed by atoms with E-state index in [1.54, 1.807) is 0 Å². The van der Waals surface area contributed by atoms with Gasteiger partial charge in [-0.1, -0.05) is 23.8 Å². The van der Waals surface area contributed by atoms with Crippen LogP contribution in [0.5, 0.6) is 0 Å². The monoisotopic (exact) mass is 268 g/mol. The lowest BCUT2D eigenvalue weighted by Crippen LogP contribution is -2.45.